The number of carbonyl (C=O) groups excluding carboxylic acids is 1. The van der Waals surface area contributed by atoms with Crippen molar-refractivity contribution < 1.29 is 9.53 Å². The van der Waals surface area contributed by atoms with Crippen LogP contribution < -0.4 is 15.4 Å². The Morgan fingerprint density at radius 2 is 1.58 bits per heavy atom. The summed E-state index contributed by atoms with van der Waals surface area (Å²) in [6, 6.07) is 27.6. The van der Waals surface area contributed by atoms with Crippen molar-refractivity contribution in [2.45, 2.75) is 26.3 Å². The predicted octanol–water partition coefficient (Wildman–Crippen LogP) is 6.31. The molecule has 6 heteroatoms. The van der Waals surface area contributed by atoms with Gasteiger partial charge in [0.25, 0.3) is 5.91 Å². The third kappa shape index (κ3) is 3.40. The van der Waals surface area contributed by atoms with Crippen molar-refractivity contribution in [3.05, 3.63) is 118 Å². The lowest BCUT2D eigenvalue weighted by Gasteiger charge is -2.42. The van der Waals surface area contributed by atoms with Crippen molar-refractivity contribution in [1.29, 1.82) is 0 Å². The first-order valence-electron chi connectivity index (χ1n) is 13.0. The van der Waals surface area contributed by atoms with E-state index in [9.17, 15) is 4.79 Å². The topological polar surface area (TPSA) is 71.2 Å². The number of amides is 1. The number of nitrogen functional groups attached to an aromatic ring is 1. The number of nitrogens with zero attached hydrogens (tertiary/aromatic N) is 3. The number of benzene rings is 4. The van der Waals surface area contributed by atoms with Crippen LogP contribution >= 0.6 is 0 Å². The van der Waals surface area contributed by atoms with Gasteiger partial charge in [0.15, 0.2) is 0 Å². The summed E-state index contributed by atoms with van der Waals surface area (Å²) in [7, 11) is 0. The SMILES string of the molecule is CCN(CC)c1ccc2c(c1)Oc1cc(N)ccc1C21c2ccccc2C(=O)N1/N=C/c1ccccc1C. The van der Waals surface area contributed by atoms with E-state index in [2.05, 4.69) is 36.9 Å². The third-order valence-electron chi connectivity index (χ3n) is 7.66. The molecule has 0 aromatic heterocycles. The molecule has 4 aromatic carbocycles. The van der Waals surface area contributed by atoms with Gasteiger partial charge in [-0.15, -0.1) is 0 Å². The highest BCUT2D eigenvalue weighted by Gasteiger charge is 2.57. The van der Waals surface area contributed by atoms with E-state index in [1.165, 1.54) is 0 Å². The van der Waals surface area contributed by atoms with Crippen LogP contribution in [0.5, 0.6) is 11.5 Å². The molecule has 0 fully saturated rings. The van der Waals surface area contributed by atoms with Crippen molar-refractivity contribution >= 4 is 23.5 Å². The summed E-state index contributed by atoms with van der Waals surface area (Å²) in [6.07, 6.45) is 1.78. The normalized spacial score (nSPS) is 17.3. The predicted molar refractivity (Wildman–Crippen MR) is 152 cm³/mol. The minimum absolute atomic E-state index is 0.158. The van der Waals surface area contributed by atoms with E-state index in [0.717, 1.165) is 46.6 Å². The van der Waals surface area contributed by atoms with Crippen LogP contribution in [0.2, 0.25) is 0 Å². The van der Waals surface area contributed by atoms with Crippen LogP contribution in [0.25, 0.3) is 0 Å². The molecule has 6 nitrogen and oxygen atoms in total. The van der Waals surface area contributed by atoms with Crippen LogP contribution in [-0.4, -0.2) is 30.2 Å². The summed E-state index contributed by atoms with van der Waals surface area (Å²) >= 11 is 0. The maximum Gasteiger partial charge on any atom is 0.275 e. The second-order valence-electron chi connectivity index (χ2n) is 9.68. The molecule has 2 aliphatic heterocycles. The molecule has 6 rings (SSSR count). The zero-order valence-electron chi connectivity index (χ0n) is 21.8. The number of aryl methyl sites for hydroxylation is 1. The molecule has 38 heavy (non-hydrogen) atoms. The highest BCUT2D eigenvalue weighted by Crippen LogP contribution is 2.58. The van der Waals surface area contributed by atoms with Gasteiger partial charge < -0.3 is 15.4 Å². The number of hydrogen-bond donors (Lipinski definition) is 1. The lowest BCUT2D eigenvalue weighted by atomic mass is 9.75. The standard InChI is InChI=1S/C32H30N4O2/c1-4-35(5-2)24-15-17-28-30(19-24)38-29-18-23(33)14-16-27(29)32(28)26-13-9-8-12-25(26)31(37)36(32)34-20-22-11-7-6-10-21(22)3/h6-20H,4-5,33H2,1-3H3/b34-20+. The van der Waals surface area contributed by atoms with Gasteiger partial charge in [0.2, 0.25) is 0 Å². The lowest BCUT2D eigenvalue weighted by Crippen LogP contribution is -2.44. The van der Waals surface area contributed by atoms with Gasteiger partial charge >= 0.3 is 0 Å². The van der Waals surface area contributed by atoms with E-state index in [4.69, 9.17) is 15.6 Å². The quantitative estimate of drug-likeness (QED) is 0.256. The molecule has 0 bridgehead atoms. The average Bonchev–Trinajstić information content (AvgIpc) is 3.17. The Morgan fingerprint density at radius 3 is 2.34 bits per heavy atom. The molecule has 0 saturated heterocycles. The van der Waals surface area contributed by atoms with Crippen LogP contribution in [0.1, 0.15) is 52.0 Å². The summed E-state index contributed by atoms with van der Waals surface area (Å²) < 4.78 is 6.51. The maximum absolute atomic E-state index is 14.1. The Morgan fingerprint density at radius 1 is 0.895 bits per heavy atom. The molecular weight excluding hydrogens is 472 g/mol. The molecule has 0 radical (unpaired) electrons. The van der Waals surface area contributed by atoms with Gasteiger partial charge in [0.05, 0.1) is 6.21 Å². The zero-order valence-corrected chi connectivity index (χ0v) is 21.8. The van der Waals surface area contributed by atoms with Crippen LogP contribution in [0.3, 0.4) is 0 Å². The summed E-state index contributed by atoms with van der Waals surface area (Å²) in [5.41, 5.74) is 12.1. The van der Waals surface area contributed by atoms with E-state index in [1.54, 1.807) is 11.2 Å². The van der Waals surface area contributed by atoms with Crippen LogP contribution in [0.15, 0.2) is 90.0 Å². The molecule has 2 N–H and O–H groups in total. The molecule has 1 amide bonds. The molecular formula is C32H30N4O2. The van der Waals surface area contributed by atoms with Gasteiger partial charge in [-0.05, 0) is 50.1 Å². The van der Waals surface area contributed by atoms with Crippen LogP contribution in [0, 0.1) is 6.92 Å². The Kier molecular flexibility index (Phi) is 5.68. The lowest BCUT2D eigenvalue weighted by molar-refractivity contribution is 0.0675. The monoisotopic (exact) mass is 502 g/mol. The largest absolute Gasteiger partial charge is 0.456 e. The Hall–Kier alpha value is -4.58. The Labute approximate surface area is 223 Å². The van der Waals surface area contributed by atoms with Crippen LogP contribution in [0.4, 0.5) is 11.4 Å². The Balaban J connectivity index is 1.65. The number of hydrazone groups is 1. The zero-order chi connectivity index (χ0) is 26.4. The number of rotatable bonds is 5. The molecule has 1 atom stereocenters. The summed E-state index contributed by atoms with van der Waals surface area (Å²) in [5.74, 6) is 1.15. The number of nitrogens with two attached hydrogens (primary N) is 1. The van der Waals surface area contributed by atoms with Gasteiger partial charge in [-0.25, -0.2) is 5.01 Å². The van der Waals surface area contributed by atoms with Crippen LogP contribution in [-0.2, 0) is 5.54 Å². The van der Waals surface area contributed by atoms with Gasteiger partial charge in [0.1, 0.15) is 17.0 Å². The van der Waals surface area contributed by atoms with E-state index >= 15 is 0 Å². The maximum atomic E-state index is 14.1. The molecule has 190 valence electrons. The smallest absolute Gasteiger partial charge is 0.275 e. The van der Waals surface area contributed by atoms with E-state index in [0.29, 0.717) is 22.7 Å². The van der Waals surface area contributed by atoms with Gasteiger partial charge in [-0.1, -0.05) is 54.6 Å². The van der Waals surface area contributed by atoms with Crippen molar-refractivity contribution in [2.24, 2.45) is 5.10 Å². The number of carbonyl (C=O) groups is 1. The highest BCUT2D eigenvalue weighted by molar-refractivity contribution is 6.03. The second-order valence-corrected chi connectivity index (χ2v) is 9.68. The minimum atomic E-state index is -1.01. The summed E-state index contributed by atoms with van der Waals surface area (Å²) in [5, 5.41) is 6.52. The highest BCUT2D eigenvalue weighted by atomic mass is 16.5. The summed E-state index contributed by atoms with van der Waals surface area (Å²) in [6.45, 7) is 8.05. The molecule has 1 spiro atoms. The van der Waals surface area contributed by atoms with E-state index < -0.39 is 5.54 Å². The first kappa shape index (κ1) is 23.8. The molecule has 1 unspecified atom stereocenters. The van der Waals surface area contributed by atoms with Crippen molar-refractivity contribution in [3.63, 3.8) is 0 Å². The number of hydrogen-bond acceptors (Lipinski definition) is 5. The molecule has 2 aliphatic rings. The second kappa shape index (κ2) is 9.06. The van der Waals surface area contributed by atoms with Crippen molar-refractivity contribution in [3.8, 4) is 11.5 Å². The Bertz CT molecular complexity index is 1590. The van der Waals surface area contributed by atoms with E-state index in [-0.39, 0.29) is 5.91 Å². The van der Waals surface area contributed by atoms with Crippen molar-refractivity contribution in [1.82, 2.24) is 5.01 Å². The minimum Gasteiger partial charge on any atom is -0.456 e. The number of fused-ring (bicyclic) bond motifs is 6. The first-order valence-corrected chi connectivity index (χ1v) is 13.0. The van der Waals surface area contributed by atoms with Crippen molar-refractivity contribution in [2.75, 3.05) is 23.7 Å². The number of ether oxygens (including phenoxy) is 1. The molecule has 0 saturated carbocycles. The fourth-order valence-electron chi connectivity index (χ4n) is 5.74. The molecule has 2 heterocycles. The third-order valence-corrected chi connectivity index (χ3v) is 7.66. The fourth-order valence-corrected chi connectivity index (χ4v) is 5.74. The van der Waals surface area contributed by atoms with E-state index in [1.807, 2.05) is 73.7 Å². The first-order chi connectivity index (χ1) is 18.5. The average molecular weight is 503 g/mol. The fraction of sp³-hybridized carbons (Fsp3) is 0.188. The summed E-state index contributed by atoms with van der Waals surface area (Å²) in [4.78, 5) is 16.3. The molecule has 4 aromatic rings. The molecule has 0 aliphatic carbocycles. The number of anilines is 2. The van der Waals surface area contributed by atoms with Gasteiger partial charge in [0, 0.05) is 58.9 Å². The van der Waals surface area contributed by atoms with Gasteiger partial charge in [-0.3, -0.25) is 4.79 Å². The van der Waals surface area contributed by atoms with Gasteiger partial charge in [-0.2, -0.15) is 5.10 Å².